The molecule has 1 aliphatic heterocycles. The summed E-state index contributed by atoms with van der Waals surface area (Å²) in [4.78, 5) is 28.2. The lowest BCUT2D eigenvalue weighted by molar-refractivity contribution is -0.159. The lowest BCUT2D eigenvalue weighted by Crippen LogP contribution is -2.46. The zero-order valence-corrected chi connectivity index (χ0v) is 18.9. The molecule has 33 heavy (non-hydrogen) atoms. The van der Waals surface area contributed by atoms with Gasteiger partial charge in [0.1, 0.15) is 11.6 Å². The Morgan fingerprint density at radius 1 is 0.970 bits per heavy atom. The van der Waals surface area contributed by atoms with Crippen molar-refractivity contribution in [2.24, 2.45) is 0 Å². The number of carbonyl (C=O) groups is 2. The third-order valence-corrected chi connectivity index (χ3v) is 5.64. The minimum Gasteiger partial charge on any atom is -0.496 e. The van der Waals surface area contributed by atoms with Crippen LogP contribution in [0.3, 0.4) is 0 Å². The fourth-order valence-corrected chi connectivity index (χ4v) is 3.89. The summed E-state index contributed by atoms with van der Waals surface area (Å²) in [6, 6.07) is 19.0. The first-order valence-corrected chi connectivity index (χ1v) is 10.9. The van der Waals surface area contributed by atoms with Crippen LogP contribution in [0.2, 0.25) is 0 Å². The number of ether oxygens (including phenoxy) is 1. The van der Waals surface area contributed by atoms with Gasteiger partial charge in [0, 0.05) is 49.2 Å². The van der Waals surface area contributed by atoms with Crippen molar-refractivity contribution in [2.75, 3.05) is 44.7 Å². The van der Waals surface area contributed by atoms with Gasteiger partial charge in [-0.1, -0.05) is 49.4 Å². The van der Waals surface area contributed by atoms with Gasteiger partial charge in [0.05, 0.1) is 7.11 Å². The molecule has 4 rings (SSSR count). The molecule has 1 aromatic heterocycles. The number of methoxy groups -OCH3 is 1. The Labute approximate surface area is 193 Å². The lowest BCUT2D eigenvalue weighted by atomic mass is 10.0. The number of piperazine rings is 1. The number of anilines is 1. The van der Waals surface area contributed by atoms with E-state index < -0.39 is 11.9 Å². The summed E-state index contributed by atoms with van der Waals surface area (Å²) in [5.74, 6) is -1.61. The van der Waals surface area contributed by atoms with Crippen LogP contribution < -0.4 is 9.64 Å². The van der Waals surface area contributed by atoms with E-state index in [2.05, 4.69) is 59.2 Å². The molecule has 174 valence electrons. The van der Waals surface area contributed by atoms with Crippen LogP contribution in [-0.2, 0) is 16.0 Å². The summed E-state index contributed by atoms with van der Waals surface area (Å²) >= 11 is 0. The number of nitrogens with zero attached hydrogens (tertiary/aromatic N) is 3. The smallest absolute Gasteiger partial charge is 0.414 e. The van der Waals surface area contributed by atoms with Gasteiger partial charge in [-0.05, 0) is 24.1 Å². The third kappa shape index (κ3) is 6.20. The molecule has 1 aliphatic rings. The van der Waals surface area contributed by atoms with Gasteiger partial charge in [-0.25, -0.2) is 14.6 Å². The summed E-state index contributed by atoms with van der Waals surface area (Å²) in [6.07, 6.45) is 0.775. The van der Waals surface area contributed by atoms with Gasteiger partial charge in [0.2, 0.25) is 0 Å². The molecule has 3 aromatic rings. The Morgan fingerprint density at radius 2 is 1.61 bits per heavy atom. The number of hydrogen-bond donors (Lipinski definition) is 2. The van der Waals surface area contributed by atoms with Crippen LogP contribution in [0.1, 0.15) is 18.2 Å². The topological polar surface area (TPSA) is 103 Å². The highest BCUT2D eigenvalue weighted by molar-refractivity contribution is 6.27. The maximum absolute atomic E-state index is 9.10. The standard InChI is InChI=1S/C23H27N3O.C2H2O4/c1-3-25-12-14-26(15-13-25)23-21-10-6-4-8-18(21)16-20(24-23)17-19-9-5-7-11-22(19)27-2;3-1(4)2(5)6/h4-11,16H,3,12-15,17H2,1-2H3;(H,3,4)(H,5,6). The van der Waals surface area contributed by atoms with E-state index in [0.717, 1.165) is 56.4 Å². The minimum atomic E-state index is -1.82. The van der Waals surface area contributed by atoms with Gasteiger partial charge in [0.15, 0.2) is 0 Å². The van der Waals surface area contributed by atoms with Crippen molar-refractivity contribution >= 4 is 28.5 Å². The Hall–Kier alpha value is -3.65. The van der Waals surface area contributed by atoms with Crippen molar-refractivity contribution in [3.8, 4) is 5.75 Å². The summed E-state index contributed by atoms with van der Waals surface area (Å²) in [5.41, 5.74) is 2.26. The second kappa shape index (κ2) is 11.3. The van der Waals surface area contributed by atoms with Crippen molar-refractivity contribution in [2.45, 2.75) is 13.3 Å². The van der Waals surface area contributed by atoms with Gasteiger partial charge < -0.3 is 24.7 Å². The number of aromatic nitrogens is 1. The zero-order chi connectivity index (χ0) is 23.8. The zero-order valence-electron chi connectivity index (χ0n) is 18.9. The van der Waals surface area contributed by atoms with E-state index in [9.17, 15) is 0 Å². The number of likely N-dealkylation sites (N-methyl/N-ethyl adjacent to an activating group) is 1. The molecule has 0 amide bonds. The van der Waals surface area contributed by atoms with Crippen LogP contribution >= 0.6 is 0 Å². The fraction of sp³-hybridized carbons (Fsp3) is 0.320. The molecule has 0 aliphatic carbocycles. The van der Waals surface area contributed by atoms with Crippen LogP contribution in [0.5, 0.6) is 5.75 Å². The van der Waals surface area contributed by atoms with E-state index >= 15 is 0 Å². The van der Waals surface area contributed by atoms with Crippen LogP contribution in [0.4, 0.5) is 5.82 Å². The molecule has 8 heteroatoms. The predicted molar refractivity (Wildman–Crippen MR) is 127 cm³/mol. The molecule has 8 nitrogen and oxygen atoms in total. The summed E-state index contributed by atoms with van der Waals surface area (Å²) in [7, 11) is 1.73. The van der Waals surface area contributed by atoms with E-state index in [-0.39, 0.29) is 0 Å². The molecule has 0 unspecified atom stereocenters. The van der Waals surface area contributed by atoms with Crippen molar-refractivity contribution in [1.29, 1.82) is 0 Å². The first-order valence-electron chi connectivity index (χ1n) is 10.9. The molecular weight excluding hydrogens is 422 g/mol. The Kier molecular flexibility index (Phi) is 8.21. The normalized spacial score (nSPS) is 13.8. The predicted octanol–water partition coefficient (Wildman–Crippen LogP) is 3.13. The lowest BCUT2D eigenvalue weighted by Gasteiger charge is -2.35. The quantitative estimate of drug-likeness (QED) is 0.571. The van der Waals surface area contributed by atoms with Crippen LogP contribution in [0.15, 0.2) is 54.6 Å². The van der Waals surface area contributed by atoms with Crippen molar-refractivity contribution in [3.05, 3.63) is 65.9 Å². The Morgan fingerprint density at radius 3 is 2.24 bits per heavy atom. The maximum atomic E-state index is 9.10. The van der Waals surface area contributed by atoms with Gasteiger partial charge in [-0.2, -0.15) is 0 Å². The minimum absolute atomic E-state index is 0.775. The molecule has 0 bridgehead atoms. The van der Waals surface area contributed by atoms with Gasteiger partial charge >= 0.3 is 11.9 Å². The molecule has 2 heterocycles. The van der Waals surface area contributed by atoms with E-state index in [0.29, 0.717) is 0 Å². The highest BCUT2D eigenvalue weighted by atomic mass is 16.5. The monoisotopic (exact) mass is 451 g/mol. The molecule has 0 spiro atoms. The van der Waals surface area contributed by atoms with Gasteiger partial charge in [-0.15, -0.1) is 0 Å². The number of fused-ring (bicyclic) bond motifs is 1. The highest BCUT2D eigenvalue weighted by Gasteiger charge is 2.19. The molecule has 0 radical (unpaired) electrons. The van der Waals surface area contributed by atoms with E-state index in [1.807, 2.05) is 12.1 Å². The molecule has 1 saturated heterocycles. The summed E-state index contributed by atoms with van der Waals surface area (Å²) in [6.45, 7) is 7.62. The molecule has 0 saturated carbocycles. The first kappa shape index (κ1) is 24.0. The van der Waals surface area contributed by atoms with Crippen LogP contribution in [-0.4, -0.2) is 71.9 Å². The molecule has 0 atom stereocenters. The van der Waals surface area contributed by atoms with Crippen molar-refractivity contribution in [3.63, 3.8) is 0 Å². The highest BCUT2D eigenvalue weighted by Crippen LogP contribution is 2.29. The second-order valence-electron chi connectivity index (χ2n) is 7.68. The number of hydrogen-bond acceptors (Lipinski definition) is 6. The van der Waals surface area contributed by atoms with E-state index in [1.54, 1.807) is 7.11 Å². The average molecular weight is 452 g/mol. The summed E-state index contributed by atoms with van der Waals surface area (Å²) in [5, 5.41) is 17.3. The largest absolute Gasteiger partial charge is 0.496 e. The van der Waals surface area contributed by atoms with Gasteiger partial charge in [0.25, 0.3) is 0 Å². The third-order valence-electron chi connectivity index (χ3n) is 5.64. The number of aliphatic carboxylic acids is 2. The number of carboxylic acid groups (broad SMARTS) is 2. The number of carboxylic acids is 2. The summed E-state index contributed by atoms with van der Waals surface area (Å²) < 4.78 is 5.53. The molecule has 1 fully saturated rings. The second-order valence-corrected chi connectivity index (χ2v) is 7.68. The van der Waals surface area contributed by atoms with Gasteiger partial charge in [-0.3, -0.25) is 0 Å². The first-order chi connectivity index (χ1) is 15.9. The van der Waals surface area contributed by atoms with Crippen molar-refractivity contribution < 1.29 is 24.5 Å². The van der Waals surface area contributed by atoms with Crippen molar-refractivity contribution in [1.82, 2.24) is 9.88 Å². The number of pyridine rings is 1. The fourth-order valence-electron chi connectivity index (χ4n) is 3.89. The Balaban J connectivity index is 0.000000454. The molecular formula is C25H29N3O5. The van der Waals surface area contributed by atoms with E-state index in [1.165, 1.54) is 16.3 Å². The van der Waals surface area contributed by atoms with Crippen LogP contribution in [0, 0.1) is 0 Å². The molecule has 2 aromatic carbocycles. The molecule has 2 N–H and O–H groups in total. The number of benzene rings is 2. The SMILES string of the molecule is CCN1CCN(c2nc(Cc3ccccc3OC)cc3ccccc23)CC1.O=C(O)C(=O)O. The van der Waals surface area contributed by atoms with E-state index in [4.69, 9.17) is 29.5 Å². The Bertz CT molecular complexity index is 1100. The maximum Gasteiger partial charge on any atom is 0.414 e. The average Bonchev–Trinajstić information content (AvgIpc) is 2.84. The number of rotatable bonds is 5. The van der Waals surface area contributed by atoms with Crippen LogP contribution in [0.25, 0.3) is 10.8 Å². The number of para-hydroxylation sites is 1.